The van der Waals surface area contributed by atoms with Crippen LogP contribution in [0.25, 0.3) is 16.3 Å². The number of aromatic nitrogens is 1. The first-order chi connectivity index (χ1) is 10.6. The Bertz CT molecular complexity index is 856. The lowest BCUT2D eigenvalue weighted by atomic mass is 10.2. The Hall–Kier alpha value is -1.88. The van der Waals surface area contributed by atoms with Crippen LogP contribution >= 0.6 is 34.5 Å². The van der Waals surface area contributed by atoms with E-state index in [0.717, 1.165) is 10.3 Å². The highest BCUT2D eigenvalue weighted by Crippen LogP contribution is 2.30. The third-order valence-electron chi connectivity index (χ3n) is 2.90. The number of thiazole rings is 1. The summed E-state index contributed by atoms with van der Waals surface area (Å²) < 4.78 is 0.935. The Labute approximate surface area is 141 Å². The fourth-order valence-electron chi connectivity index (χ4n) is 1.86. The summed E-state index contributed by atoms with van der Waals surface area (Å²) in [4.78, 5) is 16.2. The molecule has 1 amide bonds. The molecule has 1 N–H and O–H groups in total. The summed E-state index contributed by atoms with van der Waals surface area (Å²) in [5, 5.41) is 4.49. The number of fused-ring (bicyclic) bond motifs is 1. The van der Waals surface area contributed by atoms with E-state index in [0.29, 0.717) is 20.7 Å². The molecule has 6 heteroatoms. The summed E-state index contributed by atoms with van der Waals surface area (Å²) in [5.41, 5.74) is 1.60. The Morgan fingerprint density at radius 2 is 1.91 bits per heavy atom. The number of anilines is 1. The van der Waals surface area contributed by atoms with Crippen molar-refractivity contribution in [3.05, 3.63) is 64.1 Å². The molecule has 2 aromatic carbocycles. The number of para-hydroxylation sites is 1. The second-order valence-electron chi connectivity index (χ2n) is 4.48. The summed E-state index contributed by atoms with van der Waals surface area (Å²) in [6.45, 7) is 0. The fourth-order valence-corrected chi connectivity index (χ4v) is 3.16. The molecule has 3 aromatic rings. The van der Waals surface area contributed by atoms with Crippen LogP contribution < -0.4 is 5.32 Å². The van der Waals surface area contributed by atoms with Crippen molar-refractivity contribution in [1.29, 1.82) is 0 Å². The van der Waals surface area contributed by atoms with E-state index in [1.165, 1.54) is 17.4 Å². The van der Waals surface area contributed by atoms with E-state index in [1.807, 2.05) is 24.3 Å². The molecule has 3 rings (SSSR count). The van der Waals surface area contributed by atoms with Crippen molar-refractivity contribution >= 4 is 61.9 Å². The third-order valence-corrected chi connectivity index (χ3v) is 4.39. The minimum Gasteiger partial charge on any atom is -0.298 e. The normalized spacial score (nSPS) is 11.2. The molecule has 0 saturated carbocycles. The highest BCUT2D eigenvalue weighted by Gasteiger charge is 2.08. The molecule has 0 unspecified atom stereocenters. The zero-order valence-electron chi connectivity index (χ0n) is 11.2. The molecule has 0 saturated heterocycles. The lowest BCUT2D eigenvalue weighted by Gasteiger charge is -1.96. The first kappa shape index (κ1) is 15.0. The van der Waals surface area contributed by atoms with Crippen LogP contribution in [-0.2, 0) is 4.79 Å². The van der Waals surface area contributed by atoms with Crippen molar-refractivity contribution in [2.24, 2.45) is 0 Å². The minimum atomic E-state index is -0.245. The number of hydrogen-bond donors (Lipinski definition) is 1. The molecule has 1 aromatic heterocycles. The van der Waals surface area contributed by atoms with Gasteiger partial charge in [0.1, 0.15) is 5.52 Å². The van der Waals surface area contributed by atoms with Crippen molar-refractivity contribution in [3.63, 3.8) is 0 Å². The van der Waals surface area contributed by atoms with Crippen LogP contribution in [-0.4, -0.2) is 10.9 Å². The molecule has 0 radical (unpaired) electrons. The van der Waals surface area contributed by atoms with Gasteiger partial charge in [0.2, 0.25) is 5.91 Å². The van der Waals surface area contributed by atoms with Crippen LogP contribution in [0.1, 0.15) is 5.56 Å². The smallest absolute Gasteiger partial charge is 0.250 e. The van der Waals surface area contributed by atoms with Crippen LogP contribution in [0.2, 0.25) is 10.0 Å². The first-order valence-electron chi connectivity index (χ1n) is 6.41. The van der Waals surface area contributed by atoms with E-state index >= 15 is 0 Å². The van der Waals surface area contributed by atoms with Gasteiger partial charge in [-0.3, -0.25) is 10.1 Å². The quantitative estimate of drug-likeness (QED) is 0.656. The second-order valence-corrected chi connectivity index (χ2v) is 6.35. The van der Waals surface area contributed by atoms with Crippen molar-refractivity contribution < 1.29 is 4.79 Å². The van der Waals surface area contributed by atoms with Gasteiger partial charge in [-0.05, 0) is 35.9 Å². The zero-order valence-corrected chi connectivity index (χ0v) is 13.5. The van der Waals surface area contributed by atoms with Crippen molar-refractivity contribution in [2.75, 3.05) is 5.32 Å². The molecule has 0 bridgehead atoms. The summed E-state index contributed by atoms with van der Waals surface area (Å²) >= 11 is 13.3. The molecular weight excluding hydrogens is 339 g/mol. The number of benzene rings is 2. The van der Waals surface area contributed by atoms with Gasteiger partial charge in [-0.15, -0.1) is 0 Å². The average molecular weight is 349 g/mol. The number of nitrogens with zero attached hydrogens (tertiary/aromatic N) is 1. The lowest BCUT2D eigenvalue weighted by Crippen LogP contribution is -2.07. The zero-order chi connectivity index (χ0) is 15.5. The standard InChI is InChI=1S/C16H10Cl2N2OS/c17-11-7-4-10(5-8-11)6-9-14(21)19-16-20-15-12(18)2-1-3-13(15)22-16/h1-9H,(H,19,20,21). The number of rotatable bonds is 3. The van der Waals surface area contributed by atoms with Crippen LogP contribution in [0.4, 0.5) is 5.13 Å². The summed E-state index contributed by atoms with van der Waals surface area (Å²) in [7, 11) is 0. The third kappa shape index (κ3) is 3.47. The predicted octanol–water partition coefficient (Wildman–Crippen LogP) is 5.26. The van der Waals surface area contributed by atoms with Gasteiger partial charge in [-0.25, -0.2) is 4.98 Å². The van der Waals surface area contributed by atoms with E-state index < -0.39 is 0 Å². The summed E-state index contributed by atoms with van der Waals surface area (Å²) in [6.07, 6.45) is 3.17. The number of carbonyl (C=O) groups excluding carboxylic acids is 1. The predicted molar refractivity (Wildman–Crippen MR) is 93.7 cm³/mol. The maximum atomic E-state index is 11.9. The Morgan fingerprint density at radius 3 is 2.64 bits per heavy atom. The number of amides is 1. The molecule has 0 aliphatic heterocycles. The van der Waals surface area contributed by atoms with E-state index in [4.69, 9.17) is 23.2 Å². The molecule has 0 fully saturated rings. The van der Waals surface area contributed by atoms with Gasteiger partial charge in [0.15, 0.2) is 5.13 Å². The highest BCUT2D eigenvalue weighted by molar-refractivity contribution is 7.22. The Kier molecular flexibility index (Phi) is 4.43. The van der Waals surface area contributed by atoms with Gasteiger partial charge >= 0.3 is 0 Å². The van der Waals surface area contributed by atoms with Crippen molar-refractivity contribution in [2.45, 2.75) is 0 Å². The Morgan fingerprint density at radius 1 is 1.14 bits per heavy atom. The van der Waals surface area contributed by atoms with Crippen molar-refractivity contribution in [1.82, 2.24) is 4.98 Å². The average Bonchev–Trinajstić information content (AvgIpc) is 2.90. The van der Waals surface area contributed by atoms with Crippen LogP contribution in [0, 0.1) is 0 Å². The number of halogens is 2. The van der Waals surface area contributed by atoms with E-state index in [9.17, 15) is 4.79 Å². The molecule has 0 aliphatic rings. The van der Waals surface area contributed by atoms with Crippen LogP contribution in [0.3, 0.4) is 0 Å². The van der Waals surface area contributed by atoms with E-state index in [2.05, 4.69) is 10.3 Å². The van der Waals surface area contributed by atoms with Gasteiger partial charge < -0.3 is 0 Å². The molecule has 1 heterocycles. The number of carbonyl (C=O) groups is 1. The van der Waals surface area contributed by atoms with Gasteiger partial charge in [0.05, 0.1) is 9.72 Å². The molecule has 0 atom stereocenters. The van der Waals surface area contributed by atoms with Gasteiger partial charge in [-0.2, -0.15) is 0 Å². The molecule has 110 valence electrons. The molecule has 3 nitrogen and oxygen atoms in total. The maximum Gasteiger partial charge on any atom is 0.250 e. The summed E-state index contributed by atoms with van der Waals surface area (Å²) in [5.74, 6) is -0.245. The molecular formula is C16H10Cl2N2OS. The van der Waals surface area contributed by atoms with Gasteiger partial charge in [-0.1, -0.05) is 52.7 Å². The van der Waals surface area contributed by atoms with Crippen LogP contribution in [0.5, 0.6) is 0 Å². The second kappa shape index (κ2) is 6.48. The molecule has 22 heavy (non-hydrogen) atoms. The minimum absolute atomic E-state index is 0.245. The Balaban J connectivity index is 1.72. The van der Waals surface area contributed by atoms with Crippen molar-refractivity contribution in [3.8, 4) is 0 Å². The number of nitrogens with one attached hydrogen (secondary N) is 1. The van der Waals surface area contributed by atoms with E-state index in [-0.39, 0.29) is 5.91 Å². The molecule has 0 spiro atoms. The van der Waals surface area contributed by atoms with Crippen LogP contribution in [0.15, 0.2) is 48.5 Å². The number of hydrogen-bond acceptors (Lipinski definition) is 3. The van der Waals surface area contributed by atoms with Gasteiger partial charge in [0, 0.05) is 11.1 Å². The fraction of sp³-hybridized carbons (Fsp3) is 0. The lowest BCUT2D eigenvalue weighted by molar-refractivity contribution is -0.111. The first-order valence-corrected chi connectivity index (χ1v) is 7.99. The molecule has 0 aliphatic carbocycles. The van der Waals surface area contributed by atoms with Gasteiger partial charge in [0.25, 0.3) is 0 Å². The maximum absolute atomic E-state index is 11.9. The highest BCUT2D eigenvalue weighted by atomic mass is 35.5. The monoisotopic (exact) mass is 348 g/mol. The SMILES string of the molecule is O=C(C=Cc1ccc(Cl)cc1)Nc1nc2c(Cl)cccc2s1. The largest absolute Gasteiger partial charge is 0.298 e. The van der Waals surface area contributed by atoms with E-state index in [1.54, 1.807) is 24.3 Å². The topological polar surface area (TPSA) is 42.0 Å². The summed E-state index contributed by atoms with van der Waals surface area (Å²) in [6, 6.07) is 12.8.